The Kier molecular flexibility index (Phi) is 6.68. The second-order valence-electron chi connectivity index (χ2n) is 8.26. The van der Waals surface area contributed by atoms with E-state index in [4.69, 9.17) is 4.74 Å². The third-order valence-electron chi connectivity index (χ3n) is 4.81. The molecule has 0 heterocycles. The van der Waals surface area contributed by atoms with Crippen LogP contribution in [0.1, 0.15) is 38.8 Å². The number of carbonyl (C=O) groups excluding carboxylic acids is 1. The van der Waals surface area contributed by atoms with Gasteiger partial charge in [-0.3, -0.25) is 4.79 Å². The quantitative estimate of drug-likeness (QED) is 0.434. The van der Waals surface area contributed by atoms with E-state index in [1.54, 1.807) is 13.1 Å². The first kappa shape index (κ1) is 21.3. The zero-order valence-corrected chi connectivity index (χ0v) is 17.9. The Hall–Kier alpha value is -3.40. The lowest BCUT2D eigenvalue weighted by molar-refractivity contribution is -0.127. The van der Waals surface area contributed by atoms with Crippen molar-refractivity contribution < 1.29 is 9.53 Å². The Balaban J connectivity index is 1.52. The van der Waals surface area contributed by atoms with Gasteiger partial charge in [0.05, 0.1) is 6.21 Å². The molecule has 1 unspecified atom stereocenters. The Bertz CT molecular complexity index is 986. The highest BCUT2D eigenvalue weighted by molar-refractivity contribution is 5.84. The molecule has 0 saturated carbocycles. The van der Waals surface area contributed by atoms with Crippen LogP contribution in [-0.4, -0.2) is 18.2 Å². The molecule has 3 aromatic carbocycles. The standard InChI is InChI=1S/C26H28N2O2/c1-19(30-24-16-12-22(13-17-24)21-8-6-5-7-9-21)25(29)28-27-18-20-10-14-23(15-11-20)26(2,3)4/h5-19H,1-4H3,(H,28,29)/b27-18+. The van der Waals surface area contributed by atoms with Crippen molar-refractivity contribution in [2.45, 2.75) is 39.2 Å². The summed E-state index contributed by atoms with van der Waals surface area (Å²) >= 11 is 0. The fourth-order valence-electron chi connectivity index (χ4n) is 2.94. The second kappa shape index (κ2) is 9.40. The number of hydrazone groups is 1. The molecule has 4 nitrogen and oxygen atoms in total. The van der Waals surface area contributed by atoms with E-state index in [0.29, 0.717) is 5.75 Å². The van der Waals surface area contributed by atoms with Gasteiger partial charge in [0.2, 0.25) is 0 Å². The predicted octanol–water partition coefficient (Wildman–Crippen LogP) is 5.57. The summed E-state index contributed by atoms with van der Waals surface area (Å²) in [4.78, 5) is 12.3. The van der Waals surface area contributed by atoms with Gasteiger partial charge in [0.1, 0.15) is 5.75 Å². The van der Waals surface area contributed by atoms with E-state index in [1.165, 1.54) is 5.56 Å². The molecule has 1 atom stereocenters. The number of nitrogens with one attached hydrogen (secondary N) is 1. The molecule has 4 heteroatoms. The van der Waals surface area contributed by atoms with Gasteiger partial charge < -0.3 is 4.74 Å². The molecular formula is C26H28N2O2. The molecule has 3 rings (SSSR count). The average molecular weight is 401 g/mol. The number of rotatable bonds is 6. The lowest BCUT2D eigenvalue weighted by Gasteiger charge is -2.18. The minimum absolute atomic E-state index is 0.107. The first-order valence-corrected chi connectivity index (χ1v) is 10.1. The van der Waals surface area contributed by atoms with Crippen LogP contribution < -0.4 is 10.2 Å². The van der Waals surface area contributed by atoms with E-state index < -0.39 is 6.10 Å². The molecule has 30 heavy (non-hydrogen) atoms. The Morgan fingerprint density at radius 2 is 1.50 bits per heavy atom. The van der Waals surface area contributed by atoms with Crippen LogP contribution in [0.5, 0.6) is 5.75 Å². The van der Waals surface area contributed by atoms with Gasteiger partial charge in [0.15, 0.2) is 6.10 Å². The van der Waals surface area contributed by atoms with Crippen LogP contribution in [0.4, 0.5) is 0 Å². The maximum atomic E-state index is 12.3. The third-order valence-corrected chi connectivity index (χ3v) is 4.81. The van der Waals surface area contributed by atoms with Crippen LogP contribution >= 0.6 is 0 Å². The Morgan fingerprint density at radius 3 is 2.10 bits per heavy atom. The SMILES string of the molecule is CC(Oc1ccc(-c2ccccc2)cc1)C(=O)N/N=C/c1ccc(C(C)(C)C)cc1. The van der Waals surface area contributed by atoms with Crippen molar-refractivity contribution in [3.63, 3.8) is 0 Å². The minimum atomic E-state index is -0.659. The molecule has 0 aliphatic heterocycles. The molecule has 1 amide bonds. The summed E-state index contributed by atoms with van der Waals surface area (Å²) in [5.74, 6) is 0.337. The highest BCUT2D eigenvalue weighted by atomic mass is 16.5. The topological polar surface area (TPSA) is 50.7 Å². The van der Waals surface area contributed by atoms with Gasteiger partial charge in [-0.1, -0.05) is 87.5 Å². The molecular weight excluding hydrogens is 372 g/mol. The van der Waals surface area contributed by atoms with E-state index in [2.05, 4.69) is 55.6 Å². The predicted molar refractivity (Wildman–Crippen MR) is 123 cm³/mol. The van der Waals surface area contributed by atoms with Crippen molar-refractivity contribution in [2.24, 2.45) is 5.10 Å². The van der Waals surface area contributed by atoms with Crippen LogP contribution in [0, 0.1) is 0 Å². The summed E-state index contributed by atoms with van der Waals surface area (Å²) in [6.07, 6.45) is 0.971. The number of hydrogen-bond donors (Lipinski definition) is 1. The van der Waals surface area contributed by atoms with Crippen LogP contribution in [0.25, 0.3) is 11.1 Å². The van der Waals surface area contributed by atoms with Crippen LogP contribution in [0.2, 0.25) is 0 Å². The summed E-state index contributed by atoms with van der Waals surface area (Å²) in [5, 5.41) is 4.05. The third kappa shape index (κ3) is 5.80. The monoisotopic (exact) mass is 400 g/mol. The zero-order valence-electron chi connectivity index (χ0n) is 17.9. The first-order valence-electron chi connectivity index (χ1n) is 10.1. The molecule has 1 N–H and O–H groups in total. The molecule has 154 valence electrons. The summed E-state index contributed by atoms with van der Waals surface area (Å²) in [7, 11) is 0. The maximum absolute atomic E-state index is 12.3. The van der Waals surface area contributed by atoms with Crippen molar-refractivity contribution in [3.8, 4) is 16.9 Å². The number of nitrogens with zero attached hydrogens (tertiary/aromatic N) is 1. The molecule has 0 radical (unpaired) electrons. The van der Waals surface area contributed by atoms with Crippen molar-refractivity contribution >= 4 is 12.1 Å². The fraction of sp³-hybridized carbons (Fsp3) is 0.231. The maximum Gasteiger partial charge on any atom is 0.280 e. The van der Waals surface area contributed by atoms with Gasteiger partial charge in [-0.2, -0.15) is 5.10 Å². The van der Waals surface area contributed by atoms with E-state index in [0.717, 1.165) is 16.7 Å². The number of benzene rings is 3. The summed E-state index contributed by atoms with van der Waals surface area (Å²) < 4.78 is 5.74. The molecule has 0 aliphatic carbocycles. The highest BCUT2D eigenvalue weighted by Gasteiger charge is 2.14. The second-order valence-corrected chi connectivity index (χ2v) is 8.26. The molecule has 0 bridgehead atoms. The number of carbonyl (C=O) groups is 1. The van der Waals surface area contributed by atoms with Crippen molar-refractivity contribution in [3.05, 3.63) is 90.0 Å². The number of hydrogen-bond acceptors (Lipinski definition) is 3. The first-order chi connectivity index (χ1) is 14.3. The van der Waals surface area contributed by atoms with E-state index in [-0.39, 0.29) is 11.3 Å². The largest absolute Gasteiger partial charge is 0.481 e. The molecule has 3 aromatic rings. The van der Waals surface area contributed by atoms with Crippen molar-refractivity contribution in [1.29, 1.82) is 0 Å². The van der Waals surface area contributed by atoms with E-state index >= 15 is 0 Å². The summed E-state index contributed by atoms with van der Waals surface area (Å²) in [5.41, 5.74) is 7.06. The number of amides is 1. The Morgan fingerprint density at radius 1 is 0.900 bits per heavy atom. The lowest BCUT2D eigenvalue weighted by Crippen LogP contribution is -2.33. The van der Waals surface area contributed by atoms with Crippen LogP contribution in [0.3, 0.4) is 0 Å². The normalized spacial score (nSPS) is 12.5. The smallest absolute Gasteiger partial charge is 0.280 e. The summed E-state index contributed by atoms with van der Waals surface area (Å²) in [6.45, 7) is 8.22. The van der Waals surface area contributed by atoms with E-state index in [1.807, 2.05) is 54.6 Å². The summed E-state index contributed by atoms with van der Waals surface area (Å²) in [6, 6.07) is 25.9. The average Bonchev–Trinajstić information content (AvgIpc) is 2.74. The fourth-order valence-corrected chi connectivity index (χ4v) is 2.94. The van der Waals surface area contributed by atoms with Crippen molar-refractivity contribution in [1.82, 2.24) is 5.43 Å². The van der Waals surface area contributed by atoms with E-state index in [9.17, 15) is 4.79 Å². The number of ether oxygens (including phenoxy) is 1. The molecule has 0 saturated heterocycles. The van der Waals surface area contributed by atoms with Gasteiger partial charge >= 0.3 is 0 Å². The van der Waals surface area contributed by atoms with Gasteiger partial charge in [-0.15, -0.1) is 0 Å². The van der Waals surface area contributed by atoms with Gasteiger partial charge in [0.25, 0.3) is 5.91 Å². The molecule has 0 aliphatic rings. The van der Waals surface area contributed by atoms with Gasteiger partial charge in [-0.25, -0.2) is 5.43 Å². The van der Waals surface area contributed by atoms with Crippen LogP contribution in [0.15, 0.2) is 84.0 Å². The molecule has 0 spiro atoms. The van der Waals surface area contributed by atoms with Gasteiger partial charge in [-0.05, 0) is 46.7 Å². The van der Waals surface area contributed by atoms with Gasteiger partial charge in [0, 0.05) is 0 Å². The highest BCUT2D eigenvalue weighted by Crippen LogP contribution is 2.23. The molecule has 0 fully saturated rings. The van der Waals surface area contributed by atoms with Crippen LogP contribution in [-0.2, 0) is 10.2 Å². The minimum Gasteiger partial charge on any atom is -0.481 e. The zero-order chi connectivity index (χ0) is 21.6. The lowest BCUT2D eigenvalue weighted by atomic mass is 9.87. The Labute approximate surface area is 178 Å². The molecule has 0 aromatic heterocycles. The van der Waals surface area contributed by atoms with Crippen molar-refractivity contribution in [2.75, 3.05) is 0 Å².